The summed E-state index contributed by atoms with van der Waals surface area (Å²) in [5, 5.41) is 3.29. The third-order valence-electron chi connectivity index (χ3n) is 4.02. The predicted octanol–water partition coefficient (Wildman–Crippen LogP) is 1.96. The SMILES string of the molecule is CC(C)CCCCCCNCC(=O)N1CCN(C)CC1. The summed E-state index contributed by atoms with van der Waals surface area (Å²) >= 11 is 0. The van der Waals surface area contributed by atoms with Crippen LogP contribution in [0.2, 0.25) is 0 Å². The van der Waals surface area contributed by atoms with E-state index in [0.717, 1.165) is 38.6 Å². The molecule has 0 aliphatic carbocycles. The number of piperazine rings is 1. The molecular formula is C16H33N3O. The number of carbonyl (C=O) groups excluding carboxylic acids is 1. The third-order valence-corrected chi connectivity index (χ3v) is 4.02. The zero-order chi connectivity index (χ0) is 14.8. The second kappa shape index (κ2) is 10.2. The Morgan fingerprint density at radius 2 is 1.70 bits per heavy atom. The number of unbranched alkanes of at least 4 members (excludes halogenated alkanes) is 3. The van der Waals surface area contributed by atoms with Gasteiger partial charge < -0.3 is 15.1 Å². The van der Waals surface area contributed by atoms with E-state index in [1.54, 1.807) is 0 Å². The molecule has 0 aromatic rings. The number of amides is 1. The van der Waals surface area contributed by atoms with Crippen LogP contribution in [0.4, 0.5) is 0 Å². The average Bonchev–Trinajstić information content (AvgIpc) is 2.42. The monoisotopic (exact) mass is 283 g/mol. The summed E-state index contributed by atoms with van der Waals surface area (Å²) in [6.45, 7) is 9.82. The van der Waals surface area contributed by atoms with E-state index in [-0.39, 0.29) is 5.91 Å². The average molecular weight is 283 g/mol. The Balaban J connectivity index is 1.92. The molecule has 0 bridgehead atoms. The first-order chi connectivity index (χ1) is 9.59. The quantitative estimate of drug-likeness (QED) is 0.657. The van der Waals surface area contributed by atoms with Gasteiger partial charge in [0.05, 0.1) is 6.54 Å². The summed E-state index contributed by atoms with van der Waals surface area (Å²) in [4.78, 5) is 16.2. The van der Waals surface area contributed by atoms with Gasteiger partial charge in [0, 0.05) is 26.2 Å². The lowest BCUT2D eigenvalue weighted by atomic mass is 10.0. The van der Waals surface area contributed by atoms with Gasteiger partial charge in [-0.05, 0) is 25.9 Å². The Labute approximate surface area is 124 Å². The fourth-order valence-corrected chi connectivity index (χ4v) is 2.52. The summed E-state index contributed by atoms with van der Waals surface area (Å²) in [5.74, 6) is 1.09. The minimum Gasteiger partial charge on any atom is -0.339 e. The molecule has 1 saturated heterocycles. The van der Waals surface area contributed by atoms with Gasteiger partial charge in [-0.25, -0.2) is 0 Å². The van der Waals surface area contributed by atoms with Crippen LogP contribution in [0.5, 0.6) is 0 Å². The molecule has 1 fully saturated rings. The second-order valence-corrected chi connectivity index (χ2v) is 6.46. The Kier molecular flexibility index (Phi) is 8.86. The highest BCUT2D eigenvalue weighted by Gasteiger charge is 2.17. The van der Waals surface area contributed by atoms with Gasteiger partial charge in [0.1, 0.15) is 0 Å². The summed E-state index contributed by atoms with van der Waals surface area (Å²) in [7, 11) is 2.11. The first-order valence-corrected chi connectivity index (χ1v) is 8.26. The molecule has 0 spiro atoms. The van der Waals surface area contributed by atoms with E-state index in [9.17, 15) is 4.79 Å². The molecule has 4 heteroatoms. The Morgan fingerprint density at radius 1 is 1.05 bits per heavy atom. The largest absolute Gasteiger partial charge is 0.339 e. The fourth-order valence-electron chi connectivity index (χ4n) is 2.52. The number of nitrogens with zero attached hydrogens (tertiary/aromatic N) is 2. The van der Waals surface area contributed by atoms with Gasteiger partial charge in [-0.2, -0.15) is 0 Å². The standard InChI is InChI=1S/C16H33N3O/c1-15(2)8-6-4-5-7-9-17-14-16(20)19-12-10-18(3)11-13-19/h15,17H,4-14H2,1-3H3. The zero-order valence-electron chi connectivity index (χ0n) is 13.7. The maximum Gasteiger partial charge on any atom is 0.236 e. The van der Waals surface area contributed by atoms with Crippen molar-refractivity contribution >= 4 is 5.91 Å². The maximum atomic E-state index is 12.0. The lowest BCUT2D eigenvalue weighted by Crippen LogP contribution is -2.49. The fraction of sp³-hybridized carbons (Fsp3) is 0.938. The number of likely N-dealkylation sites (N-methyl/N-ethyl adjacent to an activating group) is 1. The maximum absolute atomic E-state index is 12.0. The first kappa shape index (κ1) is 17.4. The van der Waals surface area contributed by atoms with Crippen LogP contribution >= 0.6 is 0 Å². The molecule has 0 radical (unpaired) electrons. The molecule has 1 aliphatic rings. The lowest BCUT2D eigenvalue weighted by molar-refractivity contribution is -0.131. The van der Waals surface area contributed by atoms with Gasteiger partial charge in [-0.15, -0.1) is 0 Å². The third kappa shape index (κ3) is 7.85. The smallest absolute Gasteiger partial charge is 0.236 e. The van der Waals surface area contributed by atoms with E-state index in [2.05, 4.69) is 31.1 Å². The minimum atomic E-state index is 0.262. The molecule has 1 N–H and O–H groups in total. The normalized spacial score (nSPS) is 16.9. The molecule has 1 amide bonds. The first-order valence-electron chi connectivity index (χ1n) is 8.26. The Hall–Kier alpha value is -0.610. The molecular weight excluding hydrogens is 250 g/mol. The van der Waals surface area contributed by atoms with Crippen LogP contribution in [-0.2, 0) is 4.79 Å². The molecule has 0 unspecified atom stereocenters. The van der Waals surface area contributed by atoms with Gasteiger partial charge in [-0.1, -0.05) is 39.5 Å². The highest BCUT2D eigenvalue weighted by Crippen LogP contribution is 2.08. The highest BCUT2D eigenvalue weighted by molar-refractivity contribution is 5.78. The lowest BCUT2D eigenvalue weighted by Gasteiger charge is -2.32. The second-order valence-electron chi connectivity index (χ2n) is 6.46. The van der Waals surface area contributed by atoms with E-state index in [1.807, 2.05) is 4.90 Å². The van der Waals surface area contributed by atoms with E-state index in [4.69, 9.17) is 0 Å². The van der Waals surface area contributed by atoms with Crippen LogP contribution in [0.3, 0.4) is 0 Å². The van der Waals surface area contributed by atoms with Crippen LogP contribution in [0, 0.1) is 5.92 Å². The molecule has 0 aromatic carbocycles. The van der Waals surface area contributed by atoms with Crippen molar-refractivity contribution in [1.82, 2.24) is 15.1 Å². The molecule has 1 aliphatic heterocycles. The van der Waals surface area contributed by atoms with Gasteiger partial charge in [0.15, 0.2) is 0 Å². The van der Waals surface area contributed by atoms with Crippen LogP contribution in [0.1, 0.15) is 46.0 Å². The number of hydrogen-bond acceptors (Lipinski definition) is 3. The molecule has 4 nitrogen and oxygen atoms in total. The van der Waals surface area contributed by atoms with Crippen molar-refractivity contribution in [3.63, 3.8) is 0 Å². The highest BCUT2D eigenvalue weighted by atomic mass is 16.2. The van der Waals surface area contributed by atoms with E-state index in [1.165, 1.54) is 32.1 Å². The van der Waals surface area contributed by atoms with Crippen molar-refractivity contribution in [1.29, 1.82) is 0 Å². The Bertz CT molecular complexity index is 260. The summed E-state index contributed by atoms with van der Waals surface area (Å²) in [5.41, 5.74) is 0. The van der Waals surface area contributed by atoms with E-state index in [0.29, 0.717) is 6.54 Å². The van der Waals surface area contributed by atoms with Crippen molar-refractivity contribution < 1.29 is 4.79 Å². The molecule has 1 heterocycles. The van der Waals surface area contributed by atoms with Crippen LogP contribution in [-0.4, -0.2) is 62.0 Å². The molecule has 20 heavy (non-hydrogen) atoms. The molecule has 118 valence electrons. The zero-order valence-corrected chi connectivity index (χ0v) is 13.7. The number of rotatable bonds is 9. The summed E-state index contributed by atoms with van der Waals surface area (Å²) in [6.07, 6.45) is 6.48. The van der Waals surface area contributed by atoms with Crippen molar-refractivity contribution in [3.8, 4) is 0 Å². The molecule has 0 aromatic heterocycles. The minimum absolute atomic E-state index is 0.262. The van der Waals surface area contributed by atoms with Gasteiger partial charge in [-0.3, -0.25) is 4.79 Å². The van der Waals surface area contributed by atoms with Gasteiger partial charge in [0.2, 0.25) is 5.91 Å². The van der Waals surface area contributed by atoms with Crippen LogP contribution < -0.4 is 5.32 Å². The van der Waals surface area contributed by atoms with Crippen molar-refractivity contribution in [2.75, 3.05) is 46.3 Å². The number of nitrogens with one attached hydrogen (secondary N) is 1. The van der Waals surface area contributed by atoms with Crippen LogP contribution in [0.15, 0.2) is 0 Å². The number of hydrogen-bond donors (Lipinski definition) is 1. The van der Waals surface area contributed by atoms with E-state index < -0.39 is 0 Å². The predicted molar refractivity (Wildman–Crippen MR) is 84.9 cm³/mol. The topological polar surface area (TPSA) is 35.6 Å². The summed E-state index contributed by atoms with van der Waals surface area (Å²) < 4.78 is 0. The van der Waals surface area contributed by atoms with Crippen LogP contribution in [0.25, 0.3) is 0 Å². The van der Waals surface area contributed by atoms with Crippen molar-refractivity contribution in [2.24, 2.45) is 5.92 Å². The van der Waals surface area contributed by atoms with Crippen molar-refractivity contribution in [2.45, 2.75) is 46.0 Å². The van der Waals surface area contributed by atoms with E-state index >= 15 is 0 Å². The number of carbonyl (C=O) groups is 1. The van der Waals surface area contributed by atoms with Gasteiger partial charge in [0.25, 0.3) is 0 Å². The van der Waals surface area contributed by atoms with Gasteiger partial charge >= 0.3 is 0 Å². The molecule has 0 saturated carbocycles. The molecule has 0 atom stereocenters. The summed E-state index contributed by atoms with van der Waals surface area (Å²) in [6, 6.07) is 0. The molecule has 1 rings (SSSR count). The Morgan fingerprint density at radius 3 is 2.35 bits per heavy atom. The van der Waals surface area contributed by atoms with Crippen molar-refractivity contribution in [3.05, 3.63) is 0 Å².